The highest BCUT2D eigenvalue weighted by Gasteiger charge is 2.29. The van der Waals surface area contributed by atoms with E-state index in [1.807, 2.05) is 13.0 Å². The van der Waals surface area contributed by atoms with Crippen molar-refractivity contribution < 1.29 is 26.7 Å². The van der Waals surface area contributed by atoms with Gasteiger partial charge in [-0.2, -0.15) is 0 Å². The molecular formula is C18H14F2O4S. The Balaban J connectivity index is 2.22. The van der Waals surface area contributed by atoms with Gasteiger partial charge >= 0.3 is 5.97 Å². The average Bonchev–Trinajstić information content (AvgIpc) is 2.86. The van der Waals surface area contributed by atoms with Crippen LogP contribution in [-0.4, -0.2) is 27.2 Å². The Hall–Kier alpha value is -2.54. The molecule has 0 aliphatic carbocycles. The van der Waals surface area contributed by atoms with E-state index in [1.165, 1.54) is 0 Å². The van der Waals surface area contributed by atoms with E-state index in [-0.39, 0.29) is 17.7 Å². The van der Waals surface area contributed by atoms with Crippen molar-refractivity contribution in [1.82, 2.24) is 0 Å². The number of carbonyl (C=O) groups excluding carboxylic acids is 1. The summed E-state index contributed by atoms with van der Waals surface area (Å²) >= 11 is 0. The van der Waals surface area contributed by atoms with Crippen LogP contribution in [0.4, 0.5) is 8.78 Å². The second-order valence-electron chi connectivity index (χ2n) is 5.84. The van der Waals surface area contributed by atoms with Crippen LogP contribution in [0.5, 0.6) is 0 Å². The molecule has 0 amide bonds. The number of halogens is 2. The number of rotatable bonds is 3. The Morgan fingerprint density at radius 2 is 1.68 bits per heavy atom. The van der Waals surface area contributed by atoms with Gasteiger partial charge in [0.15, 0.2) is 9.84 Å². The van der Waals surface area contributed by atoms with E-state index in [4.69, 9.17) is 4.74 Å². The predicted molar refractivity (Wildman–Crippen MR) is 88.4 cm³/mol. The fraction of sp³-hybridized carbons (Fsp3) is 0.167. The van der Waals surface area contributed by atoms with E-state index >= 15 is 0 Å². The maximum atomic E-state index is 14.2. The Kier molecular flexibility index (Phi) is 4.20. The Bertz CT molecular complexity index is 1000. The van der Waals surface area contributed by atoms with Crippen molar-refractivity contribution in [3.63, 3.8) is 0 Å². The fourth-order valence-corrected chi connectivity index (χ4v) is 3.64. The first-order valence-corrected chi connectivity index (χ1v) is 9.24. The van der Waals surface area contributed by atoms with Gasteiger partial charge in [-0.05, 0) is 30.2 Å². The van der Waals surface area contributed by atoms with Crippen molar-refractivity contribution >= 4 is 27.0 Å². The lowest BCUT2D eigenvalue weighted by Crippen LogP contribution is -2.06. The first-order chi connectivity index (χ1) is 11.7. The number of aryl methyl sites for hydroxylation is 1. The van der Waals surface area contributed by atoms with E-state index in [1.54, 1.807) is 18.2 Å². The van der Waals surface area contributed by atoms with E-state index in [0.717, 1.165) is 24.0 Å². The molecule has 0 saturated carbocycles. The summed E-state index contributed by atoms with van der Waals surface area (Å²) in [6, 6.07) is 8.89. The Morgan fingerprint density at radius 1 is 1.04 bits per heavy atom. The summed E-state index contributed by atoms with van der Waals surface area (Å²) < 4.78 is 56.4. The van der Waals surface area contributed by atoms with E-state index < -0.39 is 32.3 Å². The molecule has 2 aromatic carbocycles. The summed E-state index contributed by atoms with van der Waals surface area (Å²) in [5.74, 6) is -2.99. The molecule has 0 saturated heterocycles. The third-order valence-corrected chi connectivity index (χ3v) is 5.01. The van der Waals surface area contributed by atoms with Crippen molar-refractivity contribution in [3.8, 4) is 0 Å². The molecule has 0 aromatic heterocycles. The largest absolute Gasteiger partial charge is 0.457 e. The predicted octanol–water partition coefficient (Wildman–Crippen LogP) is 3.14. The Labute approximate surface area is 143 Å². The molecule has 130 valence electrons. The van der Waals surface area contributed by atoms with Crippen molar-refractivity contribution in [1.29, 1.82) is 0 Å². The minimum absolute atomic E-state index is 0.0738. The van der Waals surface area contributed by atoms with Gasteiger partial charge in [-0.15, -0.1) is 0 Å². The van der Waals surface area contributed by atoms with Crippen LogP contribution in [0.1, 0.15) is 16.7 Å². The summed E-state index contributed by atoms with van der Waals surface area (Å²) in [4.78, 5) is 11.1. The zero-order valence-electron chi connectivity index (χ0n) is 13.5. The van der Waals surface area contributed by atoms with Crippen molar-refractivity contribution in [3.05, 3.63) is 64.7 Å². The van der Waals surface area contributed by atoms with Crippen LogP contribution in [-0.2, 0) is 19.4 Å². The van der Waals surface area contributed by atoms with Crippen LogP contribution in [0.15, 0.2) is 41.3 Å². The summed E-state index contributed by atoms with van der Waals surface area (Å²) in [6.45, 7) is 1.71. The van der Waals surface area contributed by atoms with Gasteiger partial charge in [0.2, 0.25) is 0 Å². The van der Waals surface area contributed by atoms with Crippen LogP contribution in [0.2, 0.25) is 0 Å². The van der Waals surface area contributed by atoms with E-state index in [0.29, 0.717) is 11.1 Å². The highest BCUT2D eigenvalue weighted by molar-refractivity contribution is 7.90. The molecule has 0 N–H and O–H groups in total. The first kappa shape index (κ1) is 17.3. The molecule has 25 heavy (non-hydrogen) atoms. The zero-order chi connectivity index (χ0) is 18.4. The summed E-state index contributed by atoms with van der Waals surface area (Å²) in [6.07, 6.45) is 0.730. The molecular weight excluding hydrogens is 350 g/mol. The number of esters is 1. The molecule has 0 radical (unpaired) electrons. The second kappa shape index (κ2) is 6.07. The molecule has 0 fully saturated rings. The van der Waals surface area contributed by atoms with Gasteiger partial charge in [0.25, 0.3) is 0 Å². The number of hydrogen-bond donors (Lipinski definition) is 0. The highest BCUT2D eigenvalue weighted by Crippen LogP contribution is 2.35. The van der Waals surface area contributed by atoms with Crippen molar-refractivity contribution in [2.45, 2.75) is 11.8 Å². The average molecular weight is 364 g/mol. The summed E-state index contributed by atoms with van der Waals surface area (Å²) in [5, 5.41) is 0. The van der Waals surface area contributed by atoms with Gasteiger partial charge in [-0.1, -0.05) is 29.8 Å². The van der Waals surface area contributed by atoms with Gasteiger partial charge in [0.05, 0.1) is 5.57 Å². The maximum absolute atomic E-state index is 14.2. The molecule has 0 bridgehead atoms. The number of hydrogen-bond acceptors (Lipinski definition) is 4. The van der Waals surface area contributed by atoms with Crippen molar-refractivity contribution in [2.75, 3.05) is 12.9 Å². The number of ether oxygens (including phenoxy) is 1. The highest BCUT2D eigenvalue weighted by atomic mass is 32.2. The lowest BCUT2D eigenvalue weighted by molar-refractivity contribution is -0.133. The minimum atomic E-state index is -4.05. The number of benzene rings is 2. The van der Waals surface area contributed by atoms with Crippen molar-refractivity contribution in [2.24, 2.45) is 0 Å². The standard InChI is InChI=1S/C18H14F2O4S/c1-10-4-3-5-11(6-10)16-13(9-24-18(16)21)12-7-14(19)17(15(20)8-12)25(2,22)23/h3-8H,9H2,1-2H3. The number of cyclic esters (lactones) is 1. The van der Waals surface area contributed by atoms with E-state index in [9.17, 15) is 22.0 Å². The van der Waals surface area contributed by atoms with Gasteiger partial charge < -0.3 is 4.74 Å². The third kappa shape index (κ3) is 3.19. The Morgan fingerprint density at radius 3 is 2.24 bits per heavy atom. The monoisotopic (exact) mass is 364 g/mol. The van der Waals surface area contributed by atoms with Crippen LogP contribution >= 0.6 is 0 Å². The lowest BCUT2D eigenvalue weighted by Gasteiger charge is -2.09. The molecule has 7 heteroatoms. The van der Waals surface area contributed by atoms with E-state index in [2.05, 4.69) is 0 Å². The van der Waals surface area contributed by atoms with Crippen LogP contribution in [0, 0.1) is 18.6 Å². The third-order valence-electron chi connectivity index (χ3n) is 3.88. The normalized spacial score (nSPS) is 14.8. The smallest absolute Gasteiger partial charge is 0.339 e. The topological polar surface area (TPSA) is 60.4 Å². The zero-order valence-corrected chi connectivity index (χ0v) is 14.3. The minimum Gasteiger partial charge on any atom is -0.457 e. The number of carbonyl (C=O) groups is 1. The van der Waals surface area contributed by atoms with Gasteiger partial charge in [-0.3, -0.25) is 0 Å². The second-order valence-corrected chi connectivity index (χ2v) is 7.79. The van der Waals surface area contributed by atoms with Gasteiger partial charge in [-0.25, -0.2) is 22.0 Å². The molecule has 0 atom stereocenters. The summed E-state index contributed by atoms with van der Waals surface area (Å²) in [5.41, 5.74) is 2.09. The number of sulfone groups is 1. The van der Waals surface area contributed by atoms with Gasteiger partial charge in [0, 0.05) is 11.8 Å². The molecule has 2 aromatic rings. The van der Waals surface area contributed by atoms with Crippen LogP contribution < -0.4 is 0 Å². The molecule has 1 aliphatic heterocycles. The van der Waals surface area contributed by atoms with Gasteiger partial charge in [0.1, 0.15) is 23.1 Å². The molecule has 0 spiro atoms. The van der Waals surface area contributed by atoms with Crippen LogP contribution in [0.25, 0.3) is 11.1 Å². The quantitative estimate of drug-likeness (QED) is 0.785. The SMILES string of the molecule is Cc1cccc(C2=C(c3cc(F)c(S(C)(=O)=O)c(F)c3)COC2=O)c1. The lowest BCUT2D eigenvalue weighted by atomic mass is 9.95. The molecule has 1 aliphatic rings. The molecule has 1 heterocycles. The first-order valence-electron chi connectivity index (χ1n) is 7.35. The summed E-state index contributed by atoms with van der Waals surface area (Å²) in [7, 11) is -4.05. The van der Waals surface area contributed by atoms with Crippen LogP contribution in [0.3, 0.4) is 0 Å². The fourth-order valence-electron chi connectivity index (χ4n) is 2.81. The molecule has 4 nitrogen and oxygen atoms in total. The molecule has 3 rings (SSSR count). The molecule has 0 unspecified atom stereocenters. The maximum Gasteiger partial charge on any atom is 0.339 e.